The normalized spacial score (nSPS) is 10.6. The van der Waals surface area contributed by atoms with E-state index in [1.807, 2.05) is 13.0 Å². The molecule has 1 rings (SSSR count). The molecule has 0 amide bonds. The molecular formula is C12H17BrO5. The van der Waals surface area contributed by atoms with Gasteiger partial charge in [-0.25, -0.2) is 0 Å². The Morgan fingerprint density at radius 1 is 0.944 bits per heavy atom. The first-order chi connectivity index (χ1) is 8.58. The summed E-state index contributed by atoms with van der Waals surface area (Å²) in [5, 5.41) is 0. The van der Waals surface area contributed by atoms with Crippen molar-refractivity contribution in [3.05, 3.63) is 16.1 Å². The standard InChI is InChI=1S/C12H17BrO5/c1-7-6-8(13)10(14-2)11(15-3)9(7)18-12(16-4)17-5/h6,12H,1-5H3. The topological polar surface area (TPSA) is 46.2 Å². The molecule has 6 heteroatoms. The van der Waals surface area contributed by atoms with Crippen LogP contribution < -0.4 is 14.2 Å². The van der Waals surface area contributed by atoms with Crippen molar-refractivity contribution in [1.82, 2.24) is 0 Å². The van der Waals surface area contributed by atoms with Crippen LogP contribution in [0.1, 0.15) is 5.56 Å². The molecule has 0 bridgehead atoms. The van der Waals surface area contributed by atoms with Crippen LogP contribution in [0.5, 0.6) is 17.2 Å². The van der Waals surface area contributed by atoms with E-state index in [0.29, 0.717) is 17.2 Å². The molecule has 1 aromatic carbocycles. The molecule has 0 N–H and O–H groups in total. The molecule has 0 radical (unpaired) electrons. The maximum absolute atomic E-state index is 5.59. The summed E-state index contributed by atoms with van der Waals surface area (Å²) >= 11 is 3.41. The highest BCUT2D eigenvalue weighted by Gasteiger charge is 2.21. The van der Waals surface area contributed by atoms with E-state index < -0.39 is 6.48 Å². The molecule has 0 aliphatic rings. The molecule has 0 heterocycles. The second-order valence-electron chi connectivity index (χ2n) is 3.45. The minimum atomic E-state index is -0.802. The first kappa shape index (κ1) is 15.1. The fourth-order valence-corrected chi connectivity index (χ4v) is 2.21. The Kier molecular flexibility index (Phi) is 5.71. The minimum absolute atomic E-state index is 0.489. The fourth-order valence-electron chi connectivity index (χ4n) is 1.52. The van der Waals surface area contributed by atoms with E-state index in [9.17, 15) is 0 Å². The van der Waals surface area contributed by atoms with Gasteiger partial charge in [-0.05, 0) is 34.5 Å². The molecule has 0 spiro atoms. The highest BCUT2D eigenvalue weighted by molar-refractivity contribution is 9.10. The summed E-state index contributed by atoms with van der Waals surface area (Å²) in [5.74, 6) is 1.57. The second kappa shape index (κ2) is 6.82. The van der Waals surface area contributed by atoms with Crippen molar-refractivity contribution in [2.45, 2.75) is 13.4 Å². The largest absolute Gasteiger partial charge is 0.492 e. The van der Waals surface area contributed by atoms with Crippen molar-refractivity contribution < 1.29 is 23.7 Å². The molecule has 0 saturated carbocycles. The van der Waals surface area contributed by atoms with Gasteiger partial charge in [-0.15, -0.1) is 0 Å². The van der Waals surface area contributed by atoms with Gasteiger partial charge < -0.3 is 23.7 Å². The van der Waals surface area contributed by atoms with Gasteiger partial charge >= 0.3 is 6.48 Å². The summed E-state index contributed by atoms with van der Waals surface area (Å²) in [5.41, 5.74) is 0.874. The number of hydrogen-bond donors (Lipinski definition) is 0. The predicted molar refractivity (Wildman–Crippen MR) is 70.4 cm³/mol. The van der Waals surface area contributed by atoms with E-state index >= 15 is 0 Å². The highest BCUT2D eigenvalue weighted by atomic mass is 79.9. The first-order valence-corrected chi connectivity index (χ1v) is 6.01. The SMILES string of the molecule is COc1c(Br)cc(C)c(OC(OC)OC)c1OC. The molecule has 0 saturated heterocycles. The number of rotatable bonds is 6. The zero-order valence-corrected chi connectivity index (χ0v) is 12.7. The lowest BCUT2D eigenvalue weighted by Crippen LogP contribution is -2.21. The van der Waals surface area contributed by atoms with Crippen LogP contribution in [0, 0.1) is 6.92 Å². The maximum atomic E-state index is 5.59. The quantitative estimate of drug-likeness (QED) is 0.754. The average molecular weight is 321 g/mol. The Hall–Kier alpha value is -0.980. The third-order valence-electron chi connectivity index (χ3n) is 2.34. The summed E-state index contributed by atoms with van der Waals surface area (Å²) in [4.78, 5) is 0. The van der Waals surface area contributed by atoms with Gasteiger partial charge in [0.1, 0.15) is 0 Å². The third kappa shape index (κ3) is 3.07. The van der Waals surface area contributed by atoms with Crippen molar-refractivity contribution in [1.29, 1.82) is 0 Å². The van der Waals surface area contributed by atoms with E-state index in [-0.39, 0.29) is 0 Å². The Labute approximate surface area is 115 Å². The lowest BCUT2D eigenvalue weighted by atomic mass is 10.2. The number of ether oxygens (including phenoxy) is 5. The minimum Gasteiger partial charge on any atom is -0.492 e. The second-order valence-corrected chi connectivity index (χ2v) is 4.30. The Morgan fingerprint density at radius 3 is 1.94 bits per heavy atom. The molecule has 5 nitrogen and oxygen atoms in total. The average Bonchev–Trinajstić information content (AvgIpc) is 2.37. The van der Waals surface area contributed by atoms with Gasteiger partial charge in [0, 0.05) is 14.2 Å². The zero-order chi connectivity index (χ0) is 13.7. The summed E-state index contributed by atoms with van der Waals surface area (Å²) in [6, 6.07) is 1.87. The third-order valence-corrected chi connectivity index (χ3v) is 2.93. The maximum Gasteiger partial charge on any atom is 0.315 e. The molecule has 0 fully saturated rings. The number of aryl methyl sites for hydroxylation is 1. The number of halogens is 1. The van der Waals surface area contributed by atoms with Gasteiger partial charge in [-0.2, -0.15) is 0 Å². The van der Waals surface area contributed by atoms with Gasteiger partial charge in [0.05, 0.1) is 18.7 Å². The molecular weight excluding hydrogens is 304 g/mol. The van der Waals surface area contributed by atoms with Gasteiger partial charge in [0.25, 0.3) is 0 Å². The van der Waals surface area contributed by atoms with Gasteiger partial charge in [-0.3, -0.25) is 0 Å². The van der Waals surface area contributed by atoms with Crippen LogP contribution in [0.4, 0.5) is 0 Å². The summed E-state index contributed by atoms with van der Waals surface area (Å²) in [6.07, 6.45) is 0. The van der Waals surface area contributed by atoms with Crippen LogP contribution in [0.15, 0.2) is 10.5 Å². The van der Waals surface area contributed by atoms with Crippen molar-refractivity contribution >= 4 is 15.9 Å². The van der Waals surface area contributed by atoms with E-state index in [1.165, 1.54) is 14.2 Å². The van der Waals surface area contributed by atoms with Gasteiger partial charge in [-0.1, -0.05) is 0 Å². The Balaban J connectivity index is 3.24. The van der Waals surface area contributed by atoms with Gasteiger partial charge in [0.15, 0.2) is 11.5 Å². The van der Waals surface area contributed by atoms with E-state index in [1.54, 1.807) is 14.2 Å². The van der Waals surface area contributed by atoms with Crippen LogP contribution in [-0.2, 0) is 9.47 Å². The van der Waals surface area contributed by atoms with E-state index in [0.717, 1.165) is 10.0 Å². The van der Waals surface area contributed by atoms with E-state index in [2.05, 4.69) is 15.9 Å². The first-order valence-electron chi connectivity index (χ1n) is 5.22. The molecule has 0 aliphatic heterocycles. The monoisotopic (exact) mass is 320 g/mol. The number of benzene rings is 1. The highest BCUT2D eigenvalue weighted by Crippen LogP contribution is 2.45. The molecule has 18 heavy (non-hydrogen) atoms. The zero-order valence-electron chi connectivity index (χ0n) is 11.1. The molecule has 0 aliphatic carbocycles. The lowest BCUT2D eigenvalue weighted by molar-refractivity contribution is -0.219. The van der Waals surface area contributed by atoms with E-state index in [4.69, 9.17) is 23.7 Å². The summed E-state index contributed by atoms with van der Waals surface area (Å²) in [7, 11) is 6.09. The number of hydrogen-bond acceptors (Lipinski definition) is 5. The van der Waals surface area contributed by atoms with Crippen molar-refractivity contribution in [2.75, 3.05) is 28.4 Å². The Bertz CT molecular complexity index is 404. The summed E-state index contributed by atoms with van der Waals surface area (Å²) < 4.78 is 27.0. The lowest BCUT2D eigenvalue weighted by Gasteiger charge is -2.21. The van der Waals surface area contributed by atoms with Crippen molar-refractivity contribution in [3.63, 3.8) is 0 Å². The molecule has 1 aromatic rings. The molecule has 102 valence electrons. The smallest absolute Gasteiger partial charge is 0.315 e. The van der Waals surface area contributed by atoms with Crippen molar-refractivity contribution in [3.8, 4) is 17.2 Å². The molecule has 0 aromatic heterocycles. The fraction of sp³-hybridized carbons (Fsp3) is 0.500. The van der Waals surface area contributed by atoms with Crippen LogP contribution in [0.3, 0.4) is 0 Å². The predicted octanol–water partition coefficient (Wildman–Crippen LogP) is 2.73. The summed E-state index contributed by atoms with van der Waals surface area (Å²) in [6.45, 7) is 1.09. The van der Waals surface area contributed by atoms with Crippen LogP contribution >= 0.6 is 15.9 Å². The van der Waals surface area contributed by atoms with Crippen molar-refractivity contribution in [2.24, 2.45) is 0 Å². The Morgan fingerprint density at radius 2 is 1.50 bits per heavy atom. The van der Waals surface area contributed by atoms with Crippen LogP contribution in [0.2, 0.25) is 0 Å². The van der Waals surface area contributed by atoms with Crippen LogP contribution in [-0.4, -0.2) is 34.9 Å². The van der Waals surface area contributed by atoms with Gasteiger partial charge in [0.2, 0.25) is 5.75 Å². The molecule has 0 atom stereocenters. The molecule has 0 unspecified atom stereocenters. The van der Waals surface area contributed by atoms with Crippen LogP contribution in [0.25, 0.3) is 0 Å². The number of methoxy groups -OCH3 is 4.